The van der Waals surface area contributed by atoms with E-state index in [1.165, 1.54) is 27.8 Å². The lowest BCUT2D eigenvalue weighted by Gasteiger charge is -2.30. The van der Waals surface area contributed by atoms with Crippen molar-refractivity contribution in [1.82, 2.24) is 15.8 Å². The Labute approximate surface area is 149 Å². The van der Waals surface area contributed by atoms with Crippen LogP contribution >= 0.6 is 0 Å². The molecule has 2 aromatic rings. The van der Waals surface area contributed by atoms with Crippen LogP contribution in [-0.4, -0.2) is 23.4 Å². The van der Waals surface area contributed by atoms with Crippen LogP contribution in [0, 0.1) is 13.8 Å². The molecule has 2 atom stereocenters. The molecule has 4 rings (SSSR count). The standard InChI is InChI=1S/C21H25N3O/c1-14-7-8-17(11-15(14)2)19-12-20(23-22-19)21(25)24-10-9-16-5-3-4-6-18(16)13-24/h3-8,11,19-20,22-23H,9-10,12-13H2,1-2H3. The van der Waals surface area contributed by atoms with Crippen LogP contribution in [0.5, 0.6) is 0 Å². The van der Waals surface area contributed by atoms with Crippen LogP contribution in [0.3, 0.4) is 0 Å². The van der Waals surface area contributed by atoms with Crippen molar-refractivity contribution in [3.8, 4) is 0 Å². The lowest BCUT2D eigenvalue weighted by atomic mass is 9.96. The van der Waals surface area contributed by atoms with Crippen LogP contribution in [0.4, 0.5) is 0 Å². The summed E-state index contributed by atoms with van der Waals surface area (Å²) in [7, 11) is 0. The first kappa shape index (κ1) is 16.3. The number of nitrogens with one attached hydrogen (secondary N) is 2. The zero-order valence-corrected chi connectivity index (χ0v) is 14.9. The minimum absolute atomic E-state index is 0.156. The third-order valence-electron chi connectivity index (χ3n) is 5.58. The maximum Gasteiger partial charge on any atom is 0.241 e. The van der Waals surface area contributed by atoms with Gasteiger partial charge in [-0.05, 0) is 54.5 Å². The van der Waals surface area contributed by atoms with E-state index in [1.807, 2.05) is 4.90 Å². The first-order valence-corrected chi connectivity index (χ1v) is 9.05. The van der Waals surface area contributed by atoms with Gasteiger partial charge in [0.05, 0.1) is 0 Å². The summed E-state index contributed by atoms with van der Waals surface area (Å²) < 4.78 is 0. The molecule has 0 aliphatic carbocycles. The number of fused-ring (bicyclic) bond motifs is 1. The fourth-order valence-corrected chi connectivity index (χ4v) is 3.82. The number of carbonyl (C=O) groups excluding carboxylic acids is 1. The minimum Gasteiger partial charge on any atom is -0.337 e. The highest BCUT2D eigenvalue weighted by Crippen LogP contribution is 2.26. The Balaban J connectivity index is 1.43. The molecule has 2 unspecified atom stereocenters. The van der Waals surface area contributed by atoms with Crippen molar-refractivity contribution in [3.63, 3.8) is 0 Å². The molecule has 0 aromatic heterocycles. The molecule has 2 aliphatic rings. The Morgan fingerprint density at radius 1 is 1.04 bits per heavy atom. The predicted octanol–water partition coefficient (Wildman–Crippen LogP) is 2.80. The maximum atomic E-state index is 12.9. The van der Waals surface area contributed by atoms with Crippen LogP contribution < -0.4 is 10.9 Å². The van der Waals surface area contributed by atoms with E-state index >= 15 is 0 Å². The van der Waals surface area contributed by atoms with Crippen LogP contribution in [0.25, 0.3) is 0 Å². The molecule has 1 saturated heterocycles. The van der Waals surface area contributed by atoms with Gasteiger partial charge in [-0.1, -0.05) is 42.5 Å². The summed E-state index contributed by atoms with van der Waals surface area (Å²) in [6, 6.07) is 15.0. The van der Waals surface area contributed by atoms with E-state index in [1.54, 1.807) is 0 Å². The molecule has 0 saturated carbocycles. The second-order valence-electron chi connectivity index (χ2n) is 7.25. The van der Waals surface area contributed by atoms with E-state index < -0.39 is 0 Å². The summed E-state index contributed by atoms with van der Waals surface area (Å²) in [5.41, 5.74) is 13.0. The van der Waals surface area contributed by atoms with Crippen molar-refractivity contribution in [2.24, 2.45) is 0 Å². The van der Waals surface area contributed by atoms with E-state index in [9.17, 15) is 4.79 Å². The number of hydrogen-bond donors (Lipinski definition) is 2. The average molecular weight is 335 g/mol. The van der Waals surface area contributed by atoms with E-state index in [4.69, 9.17) is 0 Å². The molecule has 2 heterocycles. The van der Waals surface area contributed by atoms with Gasteiger partial charge in [-0.2, -0.15) is 0 Å². The lowest BCUT2D eigenvalue weighted by Crippen LogP contribution is -2.47. The number of benzene rings is 2. The Bertz CT molecular complexity index is 801. The highest BCUT2D eigenvalue weighted by atomic mass is 16.2. The van der Waals surface area contributed by atoms with Gasteiger partial charge < -0.3 is 4.90 Å². The van der Waals surface area contributed by atoms with E-state index in [2.05, 4.69) is 67.2 Å². The molecule has 0 spiro atoms. The second kappa shape index (κ2) is 6.62. The molecule has 4 heteroatoms. The number of amides is 1. The van der Waals surface area contributed by atoms with Crippen LogP contribution in [0.15, 0.2) is 42.5 Å². The monoisotopic (exact) mass is 335 g/mol. The number of aryl methyl sites for hydroxylation is 2. The van der Waals surface area contributed by atoms with Crippen molar-refractivity contribution in [2.75, 3.05) is 6.54 Å². The van der Waals surface area contributed by atoms with Crippen molar-refractivity contribution >= 4 is 5.91 Å². The quantitative estimate of drug-likeness (QED) is 0.887. The molecule has 25 heavy (non-hydrogen) atoms. The van der Waals surface area contributed by atoms with Crippen molar-refractivity contribution < 1.29 is 4.79 Å². The van der Waals surface area contributed by atoms with Gasteiger partial charge in [0, 0.05) is 19.1 Å². The third-order valence-corrected chi connectivity index (χ3v) is 5.58. The van der Waals surface area contributed by atoms with Gasteiger partial charge in [0.2, 0.25) is 5.91 Å². The Morgan fingerprint density at radius 2 is 1.84 bits per heavy atom. The van der Waals surface area contributed by atoms with E-state index in [0.717, 1.165) is 25.9 Å². The molecule has 1 fully saturated rings. The Kier molecular flexibility index (Phi) is 4.32. The van der Waals surface area contributed by atoms with Gasteiger partial charge in [0.25, 0.3) is 0 Å². The van der Waals surface area contributed by atoms with Gasteiger partial charge in [0.15, 0.2) is 0 Å². The zero-order chi connectivity index (χ0) is 17.4. The lowest BCUT2D eigenvalue weighted by molar-refractivity contribution is -0.134. The minimum atomic E-state index is -0.156. The fourth-order valence-electron chi connectivity index (χ4n) is 3.82. The summed E-state index contributed by atoms with van der Waals surface area (Å²) >= 11 is 0. The van der Waals surface area contributed by atoms with Gasteiger partial charge in [0.1, 0.15) is 6.04 Å². The number of hydrogen-bond acceptors (Lipinski definition) is 3. The molecule has 2 aromatic carbocycles. The zero-order valence-electron chi connectivity index (χ0n) is 14.9. The van der Waals surface area contributed by atoms with E-state index in [0.29, 0.717) is 0 Å². The molecular weight excluding hydrogens is 310 g/mol. The number of carbonyl (C=O) groups is 1. The SMILES string of the molecule is Cc1ccc(C2CC(C(=O)N3CCc4ccccc4C3)NN2)cc1C. The molecule has 1 amide bonds. The molecule has 0 bridgehead atoms. The highest BCUT2D eigenvalue weighted by Gasteiger charge is 2.34. The Hall–Kier alpha value is -2.17. The third kappa shape index (κ3) is 3.20. The average Bonchev–Trinajstić information content (AvgIpc) is 3.13. The van der Waals surface area contributed by atoms with Gasteiger partial charge >= 0.3 is 0 Å². The number of nitrogens with zero attached hydrogens (tertiary/aromatic N) is 1. The highest BCUT2D eigenvalue weighted by molar-refractivity contribution is 5.82. The van der Waals surface area contributed by atoms with Crippen LogP contribution in [0.1, 0.15) is 40.3 Å². The summed E-state index contributed by atoms with van der Waals surface area (Å²) in [5, 5.41) is 0. The molecule has 2 N–H and O–H groups in total. The van der Waals surface area contributed by atoms with Crippen molar-refractivity contribution in [1.29, 1.82) is 0 Å². The maximum absolute atomic E-state index is 12.9. The predicted molar refractivity (Wildman–Crippen MR) is 98.9 cm³/mol. The molecular formula is C21H25N3O. The number of hydrazine groups is 1. The molecule has 4 nitrogen and oxygen atoms in total. The van der Waals surface area contributed by atoms with Crippen molar-refractivity contribution in [3.05, 3.63) is 70.3 Å². The van der Waals surface area contributed by atoms with Gasteiger partial charge in [-0.3, -0.25) is 4.79 Å². The Morgan fingerprint density at radius 3 is 2.64 bits per heavy atom. The number of rotatable bonds is 2. The van der Waals surface area contributed by atoms with Gasteiger partial charge in [-0.25, -0.2) is 10.9 Å². The van der Waals surface area contributed by atoms with Crippen molar-refractivity contribution in [2.45, 2.75) is 45.3 Å². The summed E-state index contributed by atoms with van der Waals surface area (Å²) in [6.45, 7) is 5.79. The molecule has 130 valence electrons. The van der Waals surface area contributed by atoms with Crippen LogP contribution in [-0.2, 0) is 17.8 Å². The first-order valence-electron chi connectivity index (χ1n) is 9.05. The van der Waals surface area contributed by atoms with E-state index in [-0.39, 0.29) is 18.0 Å². The second-order valence-corrected chi connectivity index (χ2v) is 7.25. The van der Waals surface area contributed by atoms with Gasteiger partial charge in [-0.15, -0.1) is 0 Å². The smallest absolute Gasteiger partial charge is 0.241 e. The summed E-state index contributed by atoms with van der Waals surface area (Å²) in [4.78, 5) is 14.9. The first-order chi connectivity index (χ1) is 12.1. The largest absolute Gasteiger partial charge is 0.337 e. The fraction of sp³-hybridized carbons (Fsp3) is 0.381. The molecule has 2 aliphatic heterocycles. The summed E-state index contributed by atoms with van der Waals surface area (Å²) in [6.07, 6.45) is 1.74. The summed E-state index contributed by atoms with van der Waals surface area (Å²) in [5.74, 6) is 0.202. The van der Waals surface area contributed by atoms with Crippen LogP contribution in [0.2, 0.25) is 0 Å². The molecule has 0 radical (unpaired) electrons. The normalized spacial score (nSPS) is 22.7. The topological polar surface area (TPSA) is 44.4 Å².